The third-order valence-electron chi connectivity index (χ3n) is 4.52. The van der Waals surface area contributed by atoms with Crippen molar-refractivity contribution in [3.63, 3.8) is 0 Å². The van der Waals surface area contributed by atoms with Gasteiger partial charge in [0.2, 0.25) is 0 Å². The van der Waals surface area contributed by atoms with E-state index in [1.165, 1.54) is 32.4 Å². The molecule has 0 radical (unpaired) electrons. The lowest BCUT2D eigenvalue weighted by Crippen LogP contribution is -2.51. The first-order chi connectivity index (χ1) is 9.08. The Morgan fingerprint density at radius 2 is 2.00 bits per heavy atom. The fourth-order valence-corrected chi connectivity index (χ4v) is 3.25. The number of hydrogen-bond acceptors (Lipinski definition) is 3. The van der Waals surface area contributed by atoms with Crippen molar-refractivity contribution in [1.29, 1.82) is 0 Å². The maximum atomic E-state index is 9.92. The van der Waals surface area contributed by atoms with E-state index in [0.717, 1.165) is 31.3 Å². The number of nitrogens with zero attached hydrogens (tertiary/aromatic N) is 1. The zero-order chi connectivity index (χ0) is 13.8. The molecule has 3 unspecified atom stereocenters. The molecule has 1 saturated carbocycles. The van der Waals surface area contributed by atoms with Gasteiger partial charge in [0.05, 0.1) is 6.10 Å². The molecule has 2 aliphatic rings. The normalized spacial score (nSPS) is 30.8. The Kier molecular flexibility index (Phi) is 5.67. The minimum atomic E-state index is -0.102. The molecule has 0 spiro atoms. The molecular weight excluding hydrogens is 236 g/mol. The maximum Gasteiger partial charge on any atom is 0.0540 e. The third kappa shape index (κ3) is 5.05. The van der Waals surface area contributed by atoms with Crippen molar-refractivity contribution in [2.24, 2.45) is 11.8 Å². The number of piperidine rings is 1. The average Bonchev–Trinajstić information content (AvgIpc) is 3.20. The van der Waals surface area contributed by atoms with E-state index < -0.39 is 0 Å². The SMILES string of the molecule is CCC(O)CC1CC(NCC(C)C)CN(C2CC2)C1. The van der Waals surface area contributed by atoms with Gasteiger partial charge in [-0.1, -0.05) is 20.8 Å². The topological polar surface area (TPSA) is 35.5 Å². The molecule has 112 valence electrons. The van der Waals surface area contributed by atoms with Crippen molar-refractivity contribution in [2.75, 3.05) is 19.6 Å². The summed E-state index contributed by atoms with van der Waals surface area (Å²) in [4.78, 5) is 2.68. The van der Waals surface area contributed by atoms with Crippen molar-refractivity contribution >= 4 is 0 Å². The summed E-state index contributed by atoms with van der Waals surface area (Å²) >= 11 is 0. The molecule has 2 rings (SSSR count). The number of aliphatic hydroxyl groups excluding tert-OH is 1. The molecule has 2 fully saturated rings. The van der Waals surface area contributed by atoms with Crippen LogP contribution in [0.3, 0.4) is 0 Å². The summed E-state index contributed by atoms with van der Waals surface area (Å²) in [6.07, 6.45) is 5.80. The van der Waals surface area contributed by atoms with Gasteiger partial charge in [0, 0.05) is 25.2 Å². The largest absolute Gasteiger partial charge is 0.393 e. The average molecular weight is 268 g/mol. The van der Waals surface area contributed by atoms with E-state index >= 15 is 0 Å². The summed E-state index contributed by atoms with van der Waals surface area (Å²) < 4.78 is 0. The predicted molar refractivity (Wildman–Crippen MR) is 80.2 cm³/mol. The first kappa shape index (κ1) is 15.3. The van der Waals surface area contributed by atoms with E-state index in [2.05, 4.69) is 31.0 Å². The van der Waals surface area contributed by atoms with Crippen molar-refractivity contribution in [3.05, 3.63) is 0 Å². The third-order valence-corrected chi connectivity index (χ3v) is 4.52. The standard InChI is InChI=1S/C16H32N2O/c1-4-16(19)8-13-7-14(17-9-12(2)3)11-18(10-13)15-5-6-15/h12-17,19H,4-11H2,1-3H3. The van der Waals surface area contributed by atoms with E-state index in [-0.39, 0.29) is 6.10 Å². The molecule has 0 bridgehead atoms. The Hall–Kier alpha value is -0.120. The van der Waals surface area contributed by atoms with Crippen molar-refractivity contribution < 1.29 is 5.11 Å². The number of rotatable bonds is 7. The van der Waals surface area contributed by atoms with Crippen LogP contribution in [0.4, 0.5) is 0 Å². The molecular formula is C16H32N2O. The van der Waals surface area contributed by atoms with Crippen LogP contribution in [0.25, 0.3) is 0 Å². The smallest absolute Gasteiger partial charge is 0.0540 e. The van der Waals surface area contributed by atoms with Crippen LogP contribution in [-0.2, 0) is 0 Å². The second-order valence-electron chi connectivity index (χ2n) is 7.08. The van der Waals surface area contributed by atoms with E-state index in [1.807, 2.05) is 0 Å². The number of likely N-dealkylation sites (tertiary alicyclic amines) is 1. The quantitative estimate of drug-likeness (QED) is 0.743. The first-order valence-corrected chi connectivity index (χ1v) is 8.24. The number of hydrogen-bond donors (Lipinski definition) is 2. The molecule has 2 N–H and O–H groups in total. The molecule has 1 saturated heterocycles. The highest BCUT2D eigenvalue weighted by Gasteiger charge is 2.36. The summed E-state index contributed by atoms with van der Waals surface area (Å²) in [5.74, 6) is 1.39. The Balaban J connectivity index is 1.84. The lowest BCUT2D eigenvalue weighted by molar-refractivity contribution is 0.0796. The van der Waals surface area contributed by atoms with Crippen LogP contribution in [0.1, 0.15) is 52.9 Å². The zero-order valence-corrected chi connectivity index (χ0v) is 12.9. The van der Waals surface area contributed by atoms with Gasteiger partial charge in [0.1, 0.15) is 0 Å². The van der Waals surface area contributed by atoms with Gasteiger partial charge in [0.25, 0.3) is 0 Å². The van der Waals surface area contributed by atoms with Crippen molar-refractivity contribution in [3.8, 4) is 0 Å². The van der Waals surface area contributed by atoms with Crippen LogP contribution in [0, 0.1) is 11.8 Å². The molecule has 0 aromatic carbocycles. The molecule has 19 heavy (non-hydrogen) atoms. The minimum absolute atomic E-state index is 0.102. The first-order valence-electron chi connectivity index (χ1n) is 8.24. The molecule has 3 heteroatoms. The predicted octanol–water partition coefficient (Wildman–Crippen LogP) is 2.25. The second-order valence-corrected chi connectivity index (χ2v) is 7.08. The second kappa shape index (κ2) is 7.05. The highest BCUT2D eigenvalue weighted by Crippen LogP contribution is 2.32. The molecule has 1 heterocycles. The molecule has 0 aromatic rings. The Labute approximate surface area is 118 Å². The molecule has 3 atom stereocenters. The van der Waals surface area contributed by atoms with Crippen molar-refractivity contribution in [2.45, 2.75) is 71.1 Å². The van der Waals surface area contributed by atoms with Crippen molar-refractivity contribution in [1.82, 2.24) is 10.2 Å². The molecule has 0 amide bonds. The van der Waals surface area contributed by atoms with E-state index in [1.54, 1.807) is 0 Å². The fourth-order valence-electron chi connectivity index (χ4n) is 3.25. The summed E-state index contributed by atoms with van der Waals surface area (Å²) in [5.41, 5.74) is 0. The highest BCUT2D eigenvalue weighted by atomic mass is 16.3. The fraction of sp³-hybridized carbons (Fsp3) is 1.00. The number of aliphatic hydroxyl groups is 1. The molecule has 1 aliphatic carbocycles. The van der Waals surface area contributed by atoms with Crippen LogP contribution in [0.5, 0.6) is 0 Å². The van der Waals surface area contributed by atoms with Crippen LogP contribution < -0.4 is 5.32 Å². The van der Waals surface area contributed by atoms with Gasteiger partial charge >= 0.3 is 0 Å². The van der Waals surface area contributed by atoms with Crippen LogP contribution >= 0.6 is 0 Å². The van der Waals surface area contributed by atoms with Gasteiger partial charge in [-0.3, -0.25) is 4.90 Å². The highest BCUT2D eigenvalue weighted by molar-refractivity contribution is 4.92. The van der Waals surface area contributed by atoms with Gasteiger partial charge < -0.3 is 10.4 Å². The van der Waals surface area contributed by atoms with Gasteiger partial charge in [-0.15, -0.1) is 0 Å². The summed E-state index contributed by atoms with van der Waals surface area (Å²) in [6, 6.07) is 1.48. The van der Waals surface area contributed by atoms with E-state index in [9.17, 15) is 5.11 Å². The monoisotopic (exact) mass is 268 g/mol. The van der Waals surface area contributed by atoms with E-state index in [4.69, 9.17) is 0 Å². The summed E-state index contributed by atoms with van der Waals surface area (Å²) in [5, 5.41) is 13.6. The zero-order valence-electron chi connectivity index (χ0n) is 12.9. The van der Waals surface area contributed by atoms with E-state index in [0.29, 0.717) is 12.0 Å². The molecule has 0 aromatic heterocycles. The number of nitrogens with one attached hydrogen (secondary N) is 1. The molecule has 1 aliphatic heterocycles. The van der Waals surface area contributed by atoms with Gasteiger partial charge in [-0.25, -0.2) is 0 Å². The van der Waals surface area contributed by atoms with Crippen LogP contribution in [0.15, 0.2) is 0 Å². The lowest BCUT2D eigenvalue weighted by Gasteiger charge is -2.39. The van der Waals surface area contributed by atoms with Crippen LogP contribution in [-0.4, -0.2) is 47.8 Å². The Bertz CT molecular complexity index is 265. The Morgan fingerprint density at radius 1 is 1.26 bits per heavy atom. The maximum absolute atomic E-state index is 9.92. The van der Waals surface area contributed by atoms with Crippen LogP contribution in [0.2, 0.25) is 0 Å². The summed E-state index contributed by atoms with van der Waals surface area (Å²) in [7, 11) is 0. The lowest BCUT2D eigenvalue weighted by atomic mass is 9.88. The van der Waals surface area contributed by atoms with Gasteiger partial charge in [-0.2, -0.15) is 0 Å². The summed E-state index contributed by atoms with van der Waals surface area (Å²) in [6.45, 7) is 10.2. The minimum Gasteiger partial charge on any atom is -0.393 e. The van der Waals surface area contributed by atoms with Gasteiger partial charge in [0.15, 0.2) is 0 Å². The Morgan fingerprint density at radius 3 is 2.58 bits per heavy atom. The van der Waals surface area contributed by atoms with Gasteiger partial charge in [-0.05, 0) is 50.5 Å². The molecule has 3 nitrogen and oxygen atoms in total.